The molecule has 1 aliphatic carbocycles. The average molecular weight is 199 g/mol. The van der Waals surface area contributed by atoms with Gasteiger partial charge in [-0.25, -0.2) is 0 Å². The second-order valence-electron chi connectivity index (χ2n) is 4.38. The summed E-state index contributed by atoms with van der Waals surface area (Å²) in [7, 11) is 0. The van der Waals surface area contributed by atoms with Gasteiger partial charge in [-0.3, -0.25) is 0 Å². The van der Waals surface area contributed by atoms with Crippen molar-refractivity contribution in [3.63, 3.8) is 0 Å². The maximum atomic E-state index is 8.97. The number of fused-ring (bicyclic) bond motifs is 2. The molecule has 2 atom stereocenters. The molecule has 1 spiro atoms. The van der Waals surface area contributed by atoms with E-state index in [0.717, 1.165) is 19.3 Å². The van der Waals surface area contributed by atoms with Crippen LogP contribution >= 0.6 is 0 Å². The van der Waals surface area contributed by atoms with Crippen LogP contribution in [0.3, 0.4) is 0 Å². The van der Waals surface area contributed by atoms with Gasteiger partial charge in [-0.15, -0.1) is 0 Å². The third-order valence-corrected chi connectivity index (χ3v) is 3.53. The molecule has 0 N–H and O–H groups in total. The van der Waals surface area contributed by atoms with Gasteiger partial charge in [0.1, 0.15) is 5.60 Å². The molecule has 15 heavy (non-hydrogen) atoms. The molecule has 0 saturated carbocycles. The van der Waals surface area contributed by atoms with Crippen LogP contribution in [0.4, 0.5) is 0 Å². The number of epoxide rings is 1. The van der Waals surface area contributed by atoms with Gasteiger partial charge in [0.2, 0.25) is 0 Å². The summed E-state index contributed by atoms with van der Waals surface area (Å²) in [5, 5.41) is 8.97. The number of nitriles is 1. The topological polar surface area (TPSA) is 36.3 Å². The first-order valence-corrected chi connectivity index (χ1v) is 5.53. The Bertz CT molecular complexity index is 434. The maximum Gasteiger partial charge on any atom is 0.178 e. The van der Waals surface area contributed by atoms with Crippen molar-refractivity contribution in [3.8, 4) is 6.07 Å². The van der Waals surface area contributed by atoms with Crippen molar-refractivity contribution in [1.29, 1.82) is 5.26 Å². The Labute approximate surface area is 89.5 Å². The zero-order valence-corrected chi connectivity index (χ0v) is 8.57. The number of hydrogen-bond donors (Lipinski definition) is 0. The molecule has 1 fully saturated rings. The minimum Gasteiger partial charge on any atom is -0.345 e. The highest BCUT2D eigenvalue weighted by atomic mass is 16.6. The van der Waals surface area contributed by atoms with E-state index < -0.39 is 0 Å². The minimum absolute atomic E-state index is 0.211. The lowest BCUT2D eigenvalue weighted by molar-refractivity contribution is 0.286. The summed E-state index contributed by atoms with van der Waals surface area (Å²) in [6.45, 7) is 0. The van der Waals surface area contributed by atoms with Gasteiger partial charge in [0, 0.05) is 0 Å². The highest BCUT2D eigenvalue weighted by Gasteiger charge is 2.58. The van der Waals surface area contributed by atoms with Crippen molar-refractivity contribution in [2.45, 2.75) is 37.4 Å². The first-order chi connectivity index (χ1) is 7.37. The lowest BCUT2D eigenvalue weighted by Gasteiger charge is -2.11. The molecule has 1 aromatic rings. The van der Waals surface area contributed by atoms with Crippen LogP contribution < -0.4 is 0 Å². The van der Waals surface area contributed by atoms with Gasteiger partial charge < -0.3 is 4.74 Å². The molecule has 0 aromatic heterocycles. The standard InChI is InChI=1S/C13H13NO/c14-9-12-13(15-12)8-4-3-6-10-5-1-2-7-11(10)13/h1-2,5,7,12H,3-4,6,8H2. The summed E-state index contributed by atoms with van der Waals surface area (Å²) in [4.78, 5) is 0. The molecule has 76 valence electrons. The Balaban J connectivity index is 2.09. The molecule has 2 nitrogen and oxygen atoms in total. The van der Waals surface area contributed by atoms with Gasteiger partial charge in [0.05, 0.1) is 6.07 Å². The Morgan fingerprint density at radius 3 is 3.00 bits per heavy atom. The third kappa shape index (κ3) is 1.20. The monoisotopic (exact) mass is 199 g/mol. The first-order valence-electron chi connectivity index (χ1n) is 5.53. The van der Waals surface area contributed by atoms with Crippen LogP contribution in [0.5, 0.6) is 0 Å². The zero-order chi connectivity index (χ0) is 10.3. The summed E-state index contributed by atoms with van der Waals surface area (Å²) in [6, 6.07) is 10.6. The van der Waals surface area contributed by atoms with Crippen molar-refractivity contribution < 1.29 is 4.74 Å². The zero-order valence-electron chi connectivity index (χ0n) is 8.57. The molecule has 2 aliphatic rings. The van der Waals surface area contributed by atoms with Gasteiger partial charge in [-0.1, -0.05) is 24.3 Å². The van der Waals surface area contributed by atoms with E-state index in [2.05, 4.69) is 24.3 Å². The van der Waals surface area contributed by atoms with E-state index in [0.29, 0.717) is 0 Å². The van der Waals surface area contributed by atoms with Gasteiger partial charge >= 0.3 is 0 Å². The van der Waals surface area contributed by atoms with E-state index in [9.17, 15) is 0 Å². The summed E-state index contributed by atoms with van der Waals surface area (Å²) < 4.78 is 5.64. The Hall–Kier alpha value is -1.33. The fraction of sp³-hybridized carbons (Fsp3) is 0.462. The summed E-state index contributed by atoms with van der Waals surface area (Å²) in [6.07, 6.45) is 4.28. The number of rotatable bonds is 0. The lowest BCUT2D eigenvalue weighted by atomic mass is 9.90. The molecule has 0 bridgehead atoms. The predicted octanol–water partition coefficient (Wildman–Crippen LogP) is 2.53. The van der Waals surface area contributed by atoms with Crippen molar-refractivity contribution in [3.05, 3.63) is 35.4 Å². The number of benzene rings is 1. The Morgan fingerprint density at radius 2 is 2.20 bits per heavy atom. The van der Waals surface area contributed by atoms with Crippen LogP contribution in [0.15, 0.2) is 24.3 Å². The molecule has 3 rings (SSSR count). The molecule has 1 aromatic carbocycles. The molecule has 1 aliphatic heterocycles. The van der Waals surface area contributed by atoms with E-state index in [1.54, 1.807) is 0 Å². The van der Waals surface area contributed by atoms with Gasteiger partial charge in [-0.05, 0) is 36.8 Å². The average Bonchev–Trinajstić information content (AvgIpc) is 3.03. The predicted molar refractivity (Wildman–Crippen MR) is 56.2 cm³/mol. The highest BCUT2D eigenvalue weighted by Crippen LogP contribution is 2.52. The van der Waals surface area contributed by atoms with Crippen LogP contribution in [0.25, 0.3) is 0 Å². The smallest absolute Gasteiger partial charge is 0.178 e. The van der Waals surface area contributed by atoms with E-state index >= 15 is 0 Å². The van der Waals surface area contributed by atoms with Crippen molar-refractivity contribution in [2.75, 3.05) is 0 Å². The van der Waals surface area contributed by atoms with E-state index in [-0.39, 0.29) is 11.7 Å². The normalized spacial score (nSPS) is 32.9. The number of nitrogens with zero attached hydrogens (tertiary/aromatic N) is 1. The van der Waals surface area contributed by atoms with Crippen molar-refractivity contribution in [1.82, 2.24) is 0 Å². The second kappa shape index (κ2) is 3.08. The largest absolute Gasteiger partial charge is 0.345 e. The summed E-state index contributed by atoms with van der Waals surface area (Å²) in [5.74, 6) is 0. The first kappa shape index (κ1) is 8.94. The number of aryl methyl sites for hydroxylation is 1. The molecule has 0 amide bonds. The number of ether oxygens (including phenoxy) is 1. The molecule has 2 unspecified atom stereocenters. The molecule has 0 radical (unpaired) electrons. The summed E-state index contributed by atoms with van der Waals surface area (Å²) >= 11 is 0. The summed E-state index contributed by atoms with van der Waals surface area (Å²) in [5.41, 5.74) is 2.38. The maximum absolute atomic E-state index is 8.97. The Kier molecular flexibility index (Phi) is 1.83. The van der Waals surface area contributed by atoms with Crippen molar-refractivity contribution >= 4 is 0 Å². The molecular weight excluding hydrogens is 186 g/mol. The van der Waals surface area contributed by atoms with Crippen LogP contribution in [0.1, 0.15) is 30.4 Å². The van der Waals surface area contributed by atoms with Crippen LogP contribution in [0, 0.1) is 11.3 Å². The highest BCUT2D eigenvalue weighted by molar-refractivity contribution is 5.40. The molecule has 2 heteroatoms. The van der Waals surface area contributed by atoms with Gasteiger partial charge in [0.25, 0.3) is 0 Å². The quantitative estimate of drug-likeness (QED) is 0.602. The van der Waals surface area contributed by atoms with Crippen LogP contribution in [-0.2, 0) is 16.8 Å². The van der Waals surface area contributed by atoms with Gasteiger partial charge in [0.15, 0.2) is 6.10 Å². The van der Waals surface area contributed by atoms with Gasteiger partial charge in [-0.2, -0.15) is 5.26 Å². The van der Waals surface area contributed by atoms with E-state index in [4.69, 9.17) is 10.00 Å². The second-order valence-corrected chi connectivity index (χ2v) is 4.38. The Morgan fingerprint density at radius 1 is 1.33 bits per heavy atom. The fourth-order valence-electron chi connectivity index (χ4n) is 2.69. The minimum atomic E-state index is -0.248. The molecular formula is C13H13NO. The lowest BCUT2D eigenvalue weighted by Crippen LogP contribution is -2.12. The van der Waals surface area contributed by atoms with Crippen LogP contribution in [-0.4, -0.2) is 6.10 Å². The van der Waals surface area contributed by atoms with Crippen molar-refractivity contribution in [2.24, 2.45) is 0 Å². The SMILES string of the molecule is N#CC1OC12CCCCc1ccccc12. The van der Waals surface area contributed by atoms with E-state index in [1.807, 2.05) is 6.07 Å². The number of hydrogen-bond acceptors (Lipinski definition) is 2. The molecule has 1 saturated heterocycles. The van der Waals surface area contributed by atoms with Crippen LogP contribution in [0.2, 0.25) is 0 Å². The molecule has 1 heterocycles. The fourth-order valence-corrected chi connectivity index (χ4v) is 2.69. The van der Waals surface area contributed by atoms with E-state index in [1.165, 1.54) is 17.5 Å². The third-order valence-electron chi connectivity index (χ3n) is 3.53.